The predicted molar refractivity (Wildman–Crippen MR) is 132 cm³/mol. The lowest BCUT2D eigenvalue weighted by atomic mass is 10.1. The van der Waals surface area contributed by atoms with Crippen molar-refractivity contribution < 1.29 is 14.0 Å². The largest absolute Gasteiger partial charge is 0.441 e. The normalized spacial score (nSPS) is 10.9. The lowest BCUT2D eigenvalue weighted by Gasteiger charge is -2.11. The van der Waals surface area contributed by atoms with Crippen molar-refractivity contribution in [3.63, 3.8) is 0 Å². The van der Waals surface area contributed by atoms with Crippen molar-refractivity contribution in [1.29, 1.82) is 0 Å². The quantitative estimate of drug-likeness (QED) is 0.397. The van der Waals surface area contributed by atoms with Crippen molar-refractivity contribution in [1.82, 2.24) is 25.6 Å². The second-order valence-electron chi connectivity index (χ2n) is 8.34. The number of aryl methyl sites for hydroxylation is 4. The molecule has 4 rings (SSSR count). The molecular weight excluding hydrogens is 446 g/mol. The Labute approximate surface area is 202 Å². The summed E-state index contributed by atoms with van der Waals surface area (Å²) in [4.78, 5) is 41.9. The Morgan fingerprint density at radius 2 is 1.80 bits per heavy atom. The summed E-state index contributed by atoms with van der Waals surface area (Å²) in [5.41, 5.74) is 7.88. The van der Waals surface area contributed by atoms with Crippen LogP contribution >= 0.6 is 0 Å². The van der Waals surface area contributed by atoms with Crippen LogP contribution in [0.5, 0.6) is 0 Å². The molecule has 9 heteroatoms. The van der Waals surface area contributed by atoms with E-state index in [9.17, 15) is 14.4 Å². The first-order valence-electron chi connectivity index (χ1n) is 11.5. The van der Waals surface area contributed by atoms with E-state index in [4.69, 9.17) is 4.42 Å². The number of benzene rings is 2. The number of aromatic nitrogens is 3. The molecule has 35 heavy (non-hydrogen) atoms. The Hall–Kier alpha value is -4.27. The van der Waals surface area contributed by atoms with E-state index >= 15 is 0 Å². The van der Waals surface area contributed by atoms with Crippen molar-refractivity contribution >= 4 is 22.6 Å². The van der Waals surface area contributed by atoms with Gasteiger partial charge < -0.3 is 4.42 Å². The monoisotopic (exact) mass is 473 g/mol. The van der Waals surface area contributed by atoms with Gasteiger partial charge in [0.2, 0.25) is 5.91 Å². The number of hydrogen-bond donors (Lipinski definition) is 2. The Bertz CT molecular complexity index is 1450. The maximum atomic E-state index is 12.8. The van der Waals surface area contributed by atoms with Crippen LogP contribution in [-0.4, -0.2) is 26.6 Å². The Morgan fingerprint density at radius 3 is 2.54 bits per heavy atom. The minimum Gasteiger partial charge on any atom is -0.441 e. The summed E-state index contributed by atoms with van der Waals surface area (Å²) in [5.74, 6) is 0.0546. The molecular formula is C26H27N5O4. The number of amides is 2. The minimum atomic E-state index is -0.604. The second-order valence-corrected chi connectivity index (χ2v) is 8.34. The molecule has 9 nitrogen and oxygen atoms in total. The van der Waals surface area contributed by atoms with Gasteiger partial charge in [0.25, 0.3) is 11.5 Å². The number of nitrogens with zero attached hydrogens (tertiary/aromatic N) is 3. The summed E-state index contributed by atoms with van der Waals surface area (Å²) < 4.78 is 7.06. The molecule has 2 amide bonds. The van der Waals surface area contributed by atoms with Crippen LogP contribution in [0.15, 0.2) is 57.9 Å². The average Bonchev–Trinajstić information content (AvgIpc) is 3.34. The fourth-order valence-electron chi connectivity index (χ4n) is 3.69. The number of hydrogen-bond acceptors (Lipinski definition) is 6. The van der Waals surface area contributed by atoms with Gasteiger partial charge in [-0.2, -0.15) is 5.10 Å². The molecule has 0 spiro atoms. The third kappa shape index (κ3) is 5.29. The van der Waals surface area contributed by atoms with Gasteiger partial charge in [0, 0.05) is 30.3 Å². The highest BCUT2D eigenvalue weighted by Crippen LogP contribution is 2.23. The summed E-state index contributed by atoms with van der Waals surface area (Å²) in [6, 6.07) is 12.8. The Kier molecular flexibility index (Phi) is 7.05. The molecule has 0 saturated heterocycles. The van der Waals surface area contributed by atoms with Gasteiger partial charge in [-0.15, -0.1) is 0 Å². The molecule has 0 radical (unpaired) electrons. The van der Waals surface area contributed by atoms with Crippen molar-refractivity contribution in [2.75, 3.05) is 0 Å². The lowest BCUT2D eigenvalue weighted by Crippen LogP contribution is -2.43. The van der Waals surface area contributed by atoms with Gasteiger partial charge in [-0.3, -0.25) is 25.2 Å². The third-order valence-corrected chi connectivity index (χ3v) is 5.74. The second kappa shape index (κ2) is 10.3. The topological polar surface area (TPSA) is 119 Å². The van der Waals surface area contributed by atoms with Gasteiger partial charge in [-0.1, -0.05) is 37.3 Å². The van der Waals surface area contributed by atoms with E-state index in [0.29, 0.717) is 35.4 Å². The van der Waals surface area contributed by atoms with Crippen LogP contribution in [0.3, 0.4) is 0 Å². The average molecular weight is 474 g/mol. The molecule has 0 aliphatic rings. The molecule has 2 N–H and O–H groups in total. The number of fused-ring (bicyclic) bond motifs is 1. The van der Waals surface area contributed by atoms with Crippen LogP contribution in [0, 0.1) is 13.8 Å². The maximum Gasteiger partial charge on any atom is 0.290 e. The maximum absolute atomic E-state index is 12.8. The summed E-state index contributed by atoms with van der Waals surface area (Å²) in [6.07, 6.45) is 2.67. The SMILES string of the molecule is CCCn1nc(C(=O)NNC(=O)CCc2ncc(-c3ccc(C)c(C)c3)o2)c2ccccc2c1=O. The first kappa shape index (κ1) is 23.9. The van der Waals surface area contributed by atoms with Crippen molar-refractivity contribution in [3.8, 4) is 11.3 Å². The van der Waals surface area contributed by atoms with Crippen LogP contribution in [0.2, 0.25) is 0 Å². The van der Waals surface area contributed by atoms with Gasteiger partial charge in [-0.05, 0) is 43.5 Å². The van der Waals surface area contributed by atoms with Gasteiger partial charge in [0.15, 0.2) is 17.3 Å². The molecule has 0 fully saturated rings. The predicted octanol–water partition coefficient (Wildman–Crippen LogP) is 3.47. The van der Waals surface area contributed by atoms with Crippen molar-refractivity contribution in [3.05, 3.63) is 81.7 Å². The highest BCUT2D eigenvalue weighted by molar-refractivity contribution is 6.05. The van der Waals surface area contributed by atoms with E-state index in [2.05, 4.69) is 20.9 Å². The van der Waals surface area contributed by atoms with E-state index < -0.39 is 11.8 Å². The fraction of sp³-hybridized carbons (Fsp3) is 0.269. The van der Waals surface area contributed by atoms with Crippen LogP contribution in [0.4, 0.5) is 0 Å². The zero-order valence-electron chi connectivity index (χ0n) is 19.9. The lowest BCUT2D eigenvalue weighted by molar-refractivity contribution is -0.121. The molecule has 4 aromatic rings. The number of hydrazine groups is 1. The van der Waals surface area contributed by atoms with Crippen LogP contribution in [-0.2, 0) is 17.8 Å². The number of carbonyl (C=O) groups is 2. The van der Waals surface area contributed by atoms with Crippen molar-refractivity contribution in [2.24, 2.45) is 0 Å². The molecule has 0 aliphatic heterocycles. The zero-order chi connectivity index (χ0) is 24.9. The van der Waals surface area contributed by atoms with E-state index in [1.54, 1.807) is 30.5 Å². The smallest absolute Gasteiger partial charge is 0.290 e. The molecule has 180 valence electrons. The van der Waals surface area contributed by atoms with Gasteiger partial charge >= 0.3 is 0 Å². The molecule has 0 atom stereocenters. The van der Waals surface area contributed by atoms with E-state index in [1.807, 2.05) is 39.0 Å². The van der Waals surface area contributed by atoms with Gasteiger partial charge in [-0.25, -0.2) is 9.67 Å². The molecule has 0 saturated carbocycles. The van der Waals surface area contributed by atoms with Crippen LogP contribution < -0.4 is 16.4 Å². The summed E-state index contributed by atoms with van der Waals surface area (Å²) in [7, 11) is 0. The molecule has 2 aromatic carbocycles. The van der Waals surface area contributed by atoms with E-state index in [0.717, 1.165) is 11.1 Å². The van der Waals surface area contributed by atoms with Crippen molar-refractivity contribution in [2.45, 2.75) is 46.6 Å². The standard InChI is InChI=1S/C26H27N5O4/c1-4-13-31-26(34)20-8-6-5-7-19(20)24(30-31)25(33)29-28-22(32)11-12-23-27-15-21(35-23)18-10-9-16(2)17(3)14-18/h5-10,14-15H,4,11-13H2,1-3H3,(H,28,32)(H,29,33). The molecule has 2 aromatic heterocycles. The number of rotatable bonds is 7. The molecule has 2 heterocycles. The first-order valence-corrected chi connectivity index (χ1v) is 11.5. The van der Waals surface area contributed by atoms with E-state index in [-0.39, 0.29) is 24.1 Å². The number of carbonyl (C=O) groups excluding carboxylic acids is 2. The highest BCUT2D eigenvalue weighted by Gasteiger charge is 2.17. The molecule has 0 unspecified atom stereocenters. The summed E-state index contributed by atoms with van der Waals surface area (Å²) in [6.45, 7) is 6.38. The fourth-order valence-corrected chi connectivity index (χ4v) is 3.69. The summed E-state index contributed by atoms with van der Waals surface area (Å²) in [5, 5.41) is 5.05. The Balaban J connectivity index is 1.38. The number of nitrogens with one attached hydrogen (secondary N) is 2. The molecule has 0 bridgehead atoms. The zero-order valence-corrected chi connectivity index (χ0v) is 19.9. The minimum absolute atomic E-state index is 0.0661. The first-order chi connectivity index (χ1) is 16.9. The van der Waals surface area contributed by atoms with Crippen LogP contribution in [0.25, 0.3) is 22.1 Å². The molecule has 0 aliphatic carbocycles. The Morgan fingerprint density at radius 1 is 1.03 bits per heavy atom. The van der Waals surface area contributed by atoms with E-state index in [1.165, 1.54) is 10.2 Å². The third-order valence-electron chi connectivity index (χ3n) is 5.74. The summed E-state index contributed by atoms with van der Waals surface area (Å²) >= 11 is 0. The highest BCUT2D eigenvalue weighted by atomic mass is 16.4. The van der Waals surface area contributed by atoms with Gasteiger partial charge in [0.05, 0.1) is 11.6 Å². The number of oxazole rings is 1. The van der Waals surface area contributed by atoms with Gasteiger partial charge in [0.1, 0.15) is 0 Å². The van der Waals surface area contributed by atoms with Crippen LogP contribution in [0.1, 0.15) is 47.3 Å².